The topological polar surface area (TPSA) is 41.1 Å². The molecule has 0 aromatic heterocycles. The molecule has 0 atom stereocenters. The molecule has 15 heavy (non-hydrogen) atoms. The van der Waals surface area contributed by atoms with Gasteiger partial charge in [-0.15, -0.1) is 0 Å². The maximum atomic E-state index is 11.6. The summed E-state index contributed by atoms with van der Waals surface area (Å²) >= 11 is 9.10. The zero-order chi connectivity index (χ0) is 11.3. The lowest BCUT2D eigenvalue weighted by molar-refractivity contribution is 0.0954. The van der Waals surface area contributed by atoms with Crippen LogP contribution in [0.4, 0.5) is 0 Å². The standard InChI is InChI=1S/C10H12BrClN2O/c1-13-4-5-14-10(15)7-2-3-9(12)8(11)6-7/h2-3,6,13H,4-5H2,1H3,(H,14,15). The number of hydrogen-bond donors (Lipinski definition) is 2. The van der Waals surface area contributed by atoms with Gasteiger partial charge in [0.2, 0.25) is 0 Å². The summed E-state index contributed by atoms with van der Waals surface area (Å²) in [5, 5.41) is 6.33. The Morgan fingerprint density at radius 1 is 1.47 bits per heavy atom. The van der Waals surface area contributed by atoms with Crippen molar-refractivity contribution in [2.75, 3.05) is 20.1 Å². The number of benzene rings is 1. The minimum atomic E-state index is -0.0948. The molecule has 1 aromatic carbocycles. The summed E-state index contributed by atoms with van der Waals surface area (Å²) in [6.07, 6.45) is 0. The first-order valence-electron chi connectivity index (χ1n) is 4.53. The smallest absolute Gasteiger partial charge is 0.251 e. The van der Waals surface area contributed by atoms with E-state index in [-0.39, 0.29) is 5.91 Å². The van der Waals surface area contributed by atoms with E-state index in [1.54, 1.807) is 18.2 Å². The third kappa shape index (κ3) is 3.81. The summed E-state index contributed by atoms with van der Waals surface area (Å²) in [5.74, 6) is -0.0948. The highest BCUT2D eigenvalue weighted by molar-refractivity contribution is 9.10. The Bertz CT molecular complexity index is 357. The molecule has 1 amide bonds. The molecule has 0 radical (unpaired) electrons. The van der Waals surface area contributed by atoms with E-state index in [4.69, 9.17) is 11.6 Å². The van der Waals surface area contributed by atoms with Crippen molar-refractivity contribution >= 4 is 33.4 Å². The summed E-state index contributed by atoms with van der Waals surface area (Å²) in [6, 6.07) is 5.09. The second-order valence-electron chi connectivity index (χ2n) is 2.99. The number of hydrogen-bond acceptors (Lipinski definition) is 2. The fraction of sp³-hybridized carbons (Fsp3) is 0.300. The van der Waals surface area contributed by atoms with Gasteiger partial charge in [0.25, 0.3) is 5.91 Å². The van der Waals surface area contributed by atoms with Crippen molar-refractivity contribution in [1.29, 1.82) is 0 Å². The summed E-state index contributed by atoms with van der Waals surface area (Å²) in [5.41, 5.74) is 0.599. The molecule has 82 valence electrons. The van der Waals surface area contributed by atoms with Gasteiger partial charge in [0.1, 0.15) is 0 Å². The van der Waals surface area contributed by atoms with Crippen LogP contribution in [0.2, 0.25) is 5.02 Å². The summed E-state index contributed by atoms with van der Waals surface area (Å²) in [7, 11) is 1.84. The Morgan fingerprint density at radius 3 is 2.80 bits per heavy atom. The van der Waals surface area contributed by atoms with Crippen molar-refractivity contribution in [3.05, 3.63) is 33.3 Å². The normalized spacial score (nSPS) is 10.1. The van der Waals surface area contributed by atoms with Crippen LogP contribution in [0, 0.1) is 0 Å². The van der Waals surface area contributed by atoms with Crippen LogP contribution in [0.15, 0.2) is 22.7 Å². The average molecular weight is 292 g/mol. The highest BCUT2D eigenvalue weighted by Gasteiger charge is 2.06. The maximum Gasteiger partial charge on any atom is 0.251 e. The summed E-state index contributed by atoms with van der Waals surface area (Å²) in [6.45, 7) is 1.36. The second kappa shape index (κ2) is 6.10. The molecule has 0 unspecified atom stereocenters. The molecule has 5 heteroatoms. The fourth-order valence-corrected chi connectivity index (χ4v) is 1.54. The van der Waals surface area contributed by atoms with Gasteiger partial charge < -0.3 is 10.6 Å². The number of likely N-dealkylation sites (N-methyl/N-ethyl adjacent to an activating group) is 1. The minimum absolute atomic E-state index is 0.0948. The van der Waals surface area contributed by atoms with E-state index in [1.807, 2.05) is 7.05 Å². The molecule has 0 saturated carbocycles. The van der Waals surface area contributed by atoms with E-state index >= 15 is 0 Å². The molecule has 3 nitrogen and oxygen atoms in total. The zero-order valence-corrected chi connectivity index (χ0v) is 10.7. The van der Waals surface area contributed by atoms with Gasteiger partial charge in [0, 0.05) is 23.1 Å². The van der Waals surface area contributed by atoms with Crippen LogP contribution >= 0.6 is 27.5 Å². The largest absolute Gasteiger partial charge is 0.351 e. The molecule has 0 aliphatic carbocycles. The predicted molar refractivity (Wildman–Crippen MR) is 65.4 cm³/mol. The molecule has 0 saturated heterocycles. The first-order chi connectivity index (χ1) is 7.15. The quantitative estimate of drug-likeness (QED) is 0.834. The molecular formula is C10H12BrClN2O. The van der Waals surface area contributed by atoms with Gasteiger partial charge in [0.15, 0.2) is 0 Å². The van der Waals surface area contributed by atoms with Gasteiger partial charge in [-0.2, -0.15) is 0 Å². The van der Waals surface area contributed by atoms with Crippen molar-refractivity contribution < 1.29 is 4.79 Å². The summed E-state index contributed by atoms with van der Waals surface area (Å²) in [4.78, 5) is 11.6. The first kappa shape index (κ1) is 12.5. The van der Waals surface area contributed by atoms with Crippen LogP contribution in [0.5, 0.6) is 0 Å². The molecule has 1 aromatic rings. The molecule has 0 fully saturated rings. The predicted octanol–water partition coefficient (Wildman–Crippen LogP) is 2.05. The Hall–Kier alpha value is -0.580. The monoisotopic (exact) mass is 290 g/mol. The van der Waals surface area contributed by atoms with Gasteiger partial charge >= 0.3 is 0 Å². The number of nitrogens with one attached hydrogen (secondary N) is 2. The van der Waals surface area contributed by atoms with Crippen LogP contribution in [0.1, 0.15) is 10.4 Å². The van der Waals surface area contributed by atoms with Gasteiger partial charge in [-0.3, -0.25) is 4.79 Å². The molecule has 0 heterocycles. The van der Waals surface area contributed by atoms with Gasteiger partial charge in [0.05, 0.1) is 5.02 Å². The third-order valence-corrected chi connectivity index (χ3v) is 3.06. The van der Waals surface area contributed by atoms with E-state index in [1.165, 1.54) is 0 Å². The zero-order valence-electron chi connectivity index (χ0n) is 8.31. The van der Waals surface area contributed by atoms with E-state index < -0.39 is 0 Å². The van der Waals surface area contributed by atoms with Gasteiger partial charge in [-0.1, -0.05) is 11.6 Å². The Morgan fingerprint density at radius 2 is 2.20 bits per heavy atom. The van der Waals surface area contributed by atoms with Crippen molar-refractivity contribution in [3.63, 3.8) is 0 Å². The van der Waals surface area contributed by atoms with Crippen molar-refractivity contribution in [2.24, 2.45) is 0 Å². The number of carbonyl (C=O) groups excluding carboxylic acids is 1. The molecular weight excluding hydrogens is 279 g/mol. The highest BCUT2D eigenvalue weighted by Crippen LogP contribution is 2.22. The molecule has 2 N–H and O–H groups in total. The number of carbonyl (C=O) groups is 1. The van der Waals surface area contributed by atoms with Crippen LogP contribution in [0.3, 0.4) is 0 Å². The number of halogens is 2. The van der Waals surface area contributed by atoms with E-state index in [2.05, 4.69) is 26.6 Å². The lowest BCUT2D eigenvalue weighted by Gasteiger charge is -2.05. The van der Waals surface area contributed by atoms with Crippen molar-refractivity contribution in [2.45, 2.75) is 0 Å². The Kier molecular flexibility index (Phi) is 5.08. The SMILES string of the molecule is CNCCNC(=O)c1ccc(Cl)c(Br)c1. The fourth-order valence-electron chi connectivity index (χ4n) is 1.04. The maximum absolute atomic E-state index is 11.6. The first-order valence-corrected chi connectivity index (χ1v) is 5.70. The van der Waals surface area contributed by atoms with Gasteiger partial charge in [-0.25, -0.2) is 0 Å². The lowest BCUT2D eigenvalue weighted by atomic mass is 10.2. The molecule has 0 spiro atoms. The van der Waals surface area contributed by atoms with Gasteiger partial charge in [-0.05, 0) is 41.2 Å². The van der Waals surface area contributed by atoms with Crippen LogP contribution < -0.4 is 10.6 Å². The average Bonchev–Trinajstić information content (AvgIpc) is 2.22. The molecule has 1 rings (SSSR count). The second-order valence-corrected chi connectivity index (χ2v) is 4.25. The van der Waals surface area contributed by atoms with Crippen molar-refractivity contribution in [3.8, 4) is 0 Å². The van der Waals surface area contributed by atoms with E-state index in [0.29, 0.717) is 17.1 Å². The van der Waals surface area contributed by atoms with Crippen molar-refractivity contribution in [1.82, 2.24) is 10.6 Å². The molecule has 0 bridgehead atoms. The minimum Gasteiger partial charge on any atom is -0.351 e. The van der Waals surface area contributed by atoms with E-state index in [9.17, 15) is 4.79 Å². The third-order valence-electron chi connectivity index (χ3n) is 1.84. The summed E-state index contributed by atoms with van der Waals surface area (Å²) < 4.78 is 0.727. The van der Waals surface area contributed by atoms with Crippen LogP contribution in [-0.2, 0) is 0 Å². The highest BCUT2D eigenvalue weighted by atomic mass is 79.9. The Labute approximate surface area is 102 Å². The molecule has 0 aliphatic heterocycles. The molecule has 0 aliphatic rings. The number of amides is 1. The van der Waals surface area contributed by atoms with Crippen LogP contribution in [0.25, 0.3) is 0 Å². The number of rotatable bonds is 4. The van der Waals surface area contributed by atoms with Crippen LogP contribution in [-0.4, -0.2) is 26.0 Å². The Balaban J connectivity index is 2.62. The van der Waals surface area contributed by atoms with E-state index in [0.717, 1.165) is 11.0 Å². The lowest BCUT2D eigenvalue weighted by Crippen LogP contribution is -2.30.